The van der Waals surface area contributed by atoms with Gasteiger partial charge in [-0.15, -0.1) is 11.3 Å². The zero-order valence-electron chi connectivity index (χ0n) is 13.0. The van der Waals surface area contributed by atoms with Crippen molar-refractivity contribution in [3.63, 3.8) is 0 Å². The highest BCUT2D eigenvalue weighted by molar-refractivity contribution is 7.13. The average molecular weight is 315 g/mol. The number of benzene rings is 1. The summed E-state index contributed by atoms with van der Waals surface area (Å²) in [5.74, 6) is 0.108. The molecular formula is C18H21NO2S. The van der Waals surface area contributed by atoms with Crippen LogP contribution in [0.5, 0.6) is 0 Å². The summed E-state index contributed by atoms with van der Waals surface area (Å²) in [6.45, 7) is 3.63. The van der Waals surface area contributed by atoms with Crippen LogP contribution in [0.1, 0.15) is 28.8 Å². The minimum absolute atomic E-state index is 0.108. The Balaban J connectivity index is 1.75. The van der Waals surface area contributed by atoms with Crippen LogP contribution in [0.2, 0.25) is 0 Å². The molecule has 1 fully saturated rings. The summed E-state index contributed by atoms with van der Waals surface area (Å²) in [7, 11) is 1.72. The number of methoxy groups -OCH3 is 1. The van der Waals surface area contributed by atoms with Gasteiger partial charge >= 0.3 is 0 Å². The minimum atomic E-state index is 0.108. The van der Waals surface area contributed by atoms with E-state index in [0.29, 0.717) is 6.54 Å². The highest BCUT2D eigenvalue weighted by Crippen LogP contribution is 2.29. The summed E-state index contributed by atoms with van der Waals surface area (Å²) in [5, 5.41) is 2.10. The van der Waals surface area contributed by atoms with Gasteiger partial charge in [-0.05, 0) is 54.5 Å². The Morgan fingerprint density at radius 1 is 1.27 bits per heavy atom. The Morgan fingerprint density at radius 3 is 2.68 bits per heavy atom. The molecule has 116 valence electrons. The Kier molecular flexibility index (Phi) is 4.60. The summed E-state index contributed by atoms with van der Waals surface area (Å²) in [6, 6.07) is 10.1. The molecule has 3 rings (SSSR count). The van der Waals surface area contributed by atoms with E-state index in [0.717, 1.165) is 24.9 Å². The number of ether oxygens (including phenoxy) is 1. The lowest BCUT2D eigenvalue weighted by Crippen LogP contribution is -2.42. The number of carbonyl (C=O) groups excluding carboxylic acids is 1. The smallest absolute Gasteiger partial charge is 0.253 e. The van der Waals surface area contributed by atoms with Crippen molar-refractivity contribution < 1.29 is 9.53 Å². The molecule has 0 saturated carbocycles. The standard InChI is InChI=1S/C18H21NO2S/c1-13-9-11-22-17(13)14-5-7-15(8-6-14)18(20)19-10-3-4-16(12-19)21-2/h5-9,11,16H,3-4,10,12H2,1-2H3/t16-/m0/s1. The largest absolute Gasteiger partial charge is 0.380 e. The van der Waals surface area contributed by atoms with Gasteiger partial charge < -0.3 is 9.64 Å². The summed E-state index contributed by atoms with van der Waals surface area (Å²) in [4.78, 5) is 15.8. The van der Waals surface area contributed by atoms with Crippen LogP contribution in [0, 0.1) is 6.92 Å². The second kappa shape index (κ2) is 6.63. The van der Waals surface area contributed by atoms with Gasteiger partial charge in [0.1, 0.15) is 0 Å². The van der Waals surface area contributed by atoms with E-state index in [9.17, 15) is 4.79 Å². The van der Waals surface area contributed by atoms with Gasteiger partial charge in [-0.3, -0.25) is 4.79 Å². The number of nitrogens with zero attached hydrogens (tertiary/aromatic N) is 1. The number of amides is 1. The molecule has 1 aliphatic rings. The van der Waals surface area contributed by atoms with Crippen LogP contribution in [0.15, 0.2) is 35.7 Å². The molecule has 4 heteroatoms. The first kappa shape index (κ1) is 15.3. The molecule has 22 heavy (non-hydrogen) atoms. The molecule has 1 atom stereocenters. The van der Waals surface area contributed by atoms with Crippen LogP contribution in [-0.4, -0.2) is 37.1 Å². The quantitative estimate of drug-likeness (QED) is 0.857. The molecule has 1 aromatic carbocycles. The molecule has 2 heterocycles. The van der Waals surface area contributed by atoms with Crippen molar-refractivity contribution in [3.05, 3.63) is 46.8 Å². The van der Waals surface area contributed by atoms with Crippen molar-refractivity contribution in [2.45, 2.75) is 25.9 Å². The second-order valence-corrected chi connectivity index (χ2v) is 6.68. The first-order valence-corrected chi connectivity index (χ1v) is 8.53. The van der Waals surface area contributed by atoms with E-state index in [-0.39, 0.29) is 12.0 Å². The Morgan fingerprint density at radius 2 is 2.05 bits per heavy atom. The number of hydrogen-bond donors (Lipinski definition) is 0. The fraction of sp³-hybridized carbons (Fsp3) is 0.389. The zero-order chi connectivity index (χ0) is 15.5. The van der Waals surface area contributed by atoms with Gasteiger partial charge in [-0.1, -0.05) is 12.1 Å². The molecule has 0 N–H and O–H groups in total. The molecule has 1 aliphatic heterocycles. The van der Waals surface area contributed by atoms with E-state index >= 15 is 0 Å². The van der Waals surface area contributed by atoms with Gasteiger partial charge in [0, 0.05) is 30.6 Å². The molecule has 2 aromatic rings. The number of rotatable bonds is 3. The van der Waals surface area contributed by atoms with Crippen LogP contribution in [0.3, 0.4) is 0 Å². The van der Waals surface area contributed by atoms with Gasteiger partial charge in [0.05, 0.1) is 6.10 Å². The number of piperidine rings is 1. The first-order chi connectivity index (χ1) is 10.7. The zero-order valence-corrected chi connectivity index (χ0v) is 13.9. The third kappa shape index (κ3) is 3.08. The van der Waals surface area contributed by atoms with Gasteiger partial charge in [-0.2, -0.15) is 0 Å². The number of carbonyl (C=O) groups is 1. The van der Waals surface area contributed by atoms with Crippen LogP contribution in [0.4, 0.5) is 0 Å². The number of thiophene rings is 1. The third-order valence-electron chi connectivity index (χ3n) is 4.25. The van der Waals surface area contributed by atoms with Gasteiger partial charge in [0.15, 0.2) is 0 Å². The predicted octanol–water partition coefficient (Wildman–Crippen LogP) is 3.97. The normalized spacial score (nSPS) is 18.5. The molecule has 0 bridgehead atoms. The number of hydrogen-bond acceptors (Lipinski definition) is 3. The molecule has 0 spiro atoms. The Bertz CT molecular complexity index is 647. The van der Waals surface area contributed by atoms with Crippen molar-refractivity contribution >= 4 is 17.2 Å². The molecule has 1 aromatic heterocycles. The predicted molar refractivity (Wildman–Crippen MR) is 90.4 cm³/mol. The third-order valence-corrected chi connectivity index (χ3v) is 5.32. The fourth-order valence-corrected chi connectivity index (χ4v) is 3.86. The van der Waals surface area contributed by atoms with Crippen LogP contribution in [0.25, 0.3) is 10.4 Å². The minimum Gasteiger partial charge on any atom is -0.380 e. The first-order valence-electron chi connectivity index (χ1n) is 7.65. The van der Waals surface area contributed by atoms with E-state index in [2.05, 4.69) is 18.4 Å². The van der Waals surface area contributed by atoms with E-state index in [1.807, 2.05) is 29.2 Å². The monoisotopic (exact) mass is 315 g/mol. The second-order valence-electron chi connectivity index (χ2n) is 5.76. The fourth-order valence-electron chi connectivity index (χ4n) is 2.93. The van der Waals surface area contributed by atoms with Gasteiger partial charge in [0.2, 0.25) is 0 Å². The molecular weight excluding hydrogens is 294 g/mol. The summed E-state index contributed by atoms with van der Waals surface area (Å²) >= 11 is 1.74. The van der Waals surface area contributed by atoms with E-state index in [4.69, 9.17) is 4.74 Å². The maximum absolute atomic E-state index is 12.6. The molecule has 0 aliphatic carbocycles. The number of aryl methyl sites for hydroxylation is 1. The SMILES string of the molecule is CO[C@H]1CCCN(C(=O)c2ccc(-c3sccc3C)cc2)C1. The van der Waals surface area contributed by atoms with Crippen LogP contribution < -0.4 is 0 Å². The Labute approximate surface area is 135 Å². The topological polar surface area (TPSA) is 29.5 Å². The van der Waals surface area contributed by atoms with Gasteiger partial charge in [0.25, 0.3) is 5.91 Å². The summed E-state index contributed by atoms with van der Waals surface area (Å²) < 4.78 is 5.40. The van der Waals surface area contributed by atoms with Crippen LogP contribution >= 0.6 is 11.3 Å². The molecule has 1 amide bonds. The molecule has 1 saturated heterocycles. The highest BCUT2D eigenvalue weighted by Gasteiger charge is 2.24. The van der Waals surface area contributed by atoms with E-state index in [1.54, 1.807) is 18.4 Å². The van der Waals surface area contributed by atoms with Gasteiger partial charge in [-0.25, -0.2) is 0 Å². The van der Waals surface area contributed by atoms with E-state index < -0.39 is 0 Å². The van der Waals surface area contributed by atoms with Crippen molar-refractivity contribution in [2.75, 3.05) is 20.2 Å². The lowest BCUT2D eigenvalue weighted by atomic mass is 10.0. The maximum Gasteiger partial charge on any atom is 0.253 e. The van der Waals surface area contributed by atoms with Crippen molar-refractivity contribution in [1.82, 2.24) is 4.90 Å². The highest BCUT2D eigenvalue weighted by atomic mass is 32.1. The molecule has 3 nitrogen and oxygen atoms in total. The average Bonchev–Trinajstić information content (AvgIpc) is 3.00. The summed E-state index contributed by atoms with van der Waals surface area (Å²) in [6.07, 6.45) is 2.22. The molecule has 0 radical (unpaired) electrons. The number of likely N-dealkylation sites (tertiary alicyclic amines) is 1. The summed E-state index contributed by atoms with van der Waals surface area (Å²) in [5.41, 5.74) is 3.22. The Hall–Kier alpha value is -1.65. The van der Waals surface area contributed by atoms with Crippen molar-refractivity contribution in [1.29, 1.82) is 0 Å². The lowest BCUT2D eigenvalue weighted by molar-refractivity contribution is 0.0269. The van der Waals surface area contributed by atoms with Crippen LogP contribution in [-0.2, 0) is 4.74 Å². The maximum atomic E-state index is 12.6. The van der Waals surface area contributed by atoms with Crippen molar-refractivity contribution in [2.24, 2.45) is 0 Å². The lowest BCUT2D eigenvalue weighted by Gasteiger charge is -2.32. The van der Waals surface area contributed by atoms with E-state index in [1.165, 1.54) is 16.0 Å². The van der Waals surface area contributed by atoms with Crippen molar-refractivity contribution in [3.8, 4) is 10.4 Å². The molecule has 0 unspecified atom stereocenters.